The molecule has 5 nitrogen and oxygen atoms in total. The molecule has 6 heteroatoms. The molecule has 1 aliphatic carbocycles. The lowest BCUT2D eigenvalue weighted by atomic mass is 9.96. The second-order valence-electron chi connectivity index (χ2n) is 7.21. The van der Waals surface area contributed by atoms with Gasteiger partial charge in [0.15, 0.2) is 5.96 Å². The lowest BCUT2D eigenvalue weighted by Crippen LogP contribution is -2.41. The van der Waals surface area contributed by atoms with E-state index in [1.54, 1.807) is 7.11 Å². The van der Waals surface area contributed by atoms with Crippen molar-refractivity contribution in [2.75, 3.05) is 26.7 Å². The number of nitrogens with zero attached hydrogens (tertiary/aromatic N) is 2. The summed E-state index contributed by atoms with van der Waals surface area (Å²) in [5.41, 5.74) is 7.40. The van der Waals surface area contributed by atoms with E-state index < -0.39 is 0 Å². The van der Waals surface area contributed by atoms with Crippen LogP contribution in [-0.4, -0.2) is 43.6 Å². The van der Waals surface area contributed by atoms with Crippen molar-refractivity contribution in [3.63, 3.8) is 0 Å². The van der Waals surface area contributed by atoms with Gasteiger partial charge in [-0.15, -0.1) is 24.0 Å². The van der Waals surface area contributed by atoms with Crippen LogP contribution in [0.3, 0.4) is 0 Å². The third-order valence-corrected chi connectivity index (χ3v) is 5.47. The minimum absolute atomic E-state index is 0. The molecule has 0 radical (unpaired) electrons. The number of hydrogen-bond acceptors (Lipinski definition) is 3. The highest BCUT2D eigenvalue weighted by molar-refractivity contribution is 14.0. The Morgan fingerprint density at radius 2 is 1.88 bits per heavy atom. The van der Waals surface area contributed by atoms with Gasteiger partial charge in [0.1, 0.15) is 5.75 Å². The van der Waals surface area contributed by atoms with E-state index in [0.29, 0.717) is 18.5 Å². The third kappa shape index (κ3) is 5.74. The van der Waals surface area contributed by atoms with Crippen LogP contribution in [0.2, 0.25) is 0 Å². The van der Waals surface area contributed by atoms with Crippen molar-refractivity contribution in [3.05, 3.63) is 29.8 Å². The second kappa shape index (κ2) is 11.0. The van der Waals surface area contributed by atoms with E-state index in [1.807, 2.05) is 12.1 Å². The van der Waals surface area contributed by atoms with Gasteiger partial charge in [0, 0.05) is 11.6 Å². The van der Waals surface area contributed by atoms with Gasteiger partial charge in [-0.05, 0) is 44.8 Å². The zero-order valence-electron chi connectivity index (χ0n) is 15.8. The first kappa shape index (κ1) is 21.3. The Bertz CT molecular complexity index is 569. The summed E-state index contributed by atoms with van der Waals surface area (Å²) in [6.07, 6.45) is 8.86. The van der Waals surface area contributed by atoms with Gasteiger partial charge in [-0.3, -0.25) is 9.89 Å². The first-order valence-corrected chi connectivity index (χ1v) is 9.71. The second-order valence-corrected chi connectivity index (χ2v) is 7.21. The van der Waals surface area contributed by atoms with Crippen LogP contribution in [0.5, 0.6) is 5.75 Å². The number of nitrogens with two attached hydrogens (primary N) is 1. The molecule has 26 heavy (non-hydrogen) atoms. The number of methoxy groups -OCH3 is 1. The Hall–Kier alpha value is -1.02. The quantitative estimate of drug-likeness (QED) is 0.377. The lowest BCUT2D eigenvalue weighted by Gasteiger charge is -2.28. The summed E-state index contributed by atoms with van der Waals surface area (Å²) >= 11 is 0. The summed E-state index contributed by atoms with van der Waals surface area (Å²) in [5, 5.41) is 3.42. The minimum atomic E-state index is 0. The summed E-state index contributed by atoms with van der Waals surface area (Å²) in [5.74, 6) is 1.53. The average Bonchev–Trinajstić information content (AvgIpc) is 3.17. The number of ether oxygens (including phenoxy) is 1. The number of guanidine groups is 1. The Kier molecular flexibility index (Phi) is 8.98. The number of para-hydroxylation sites is 1. The largest absolute Gasteiger partial charge is 0.496 e. The van der Waals surface area contributed by atoms with Gasteiger partial charge in [0.2, 0.25) is 0 Å². The van der Waals surface area contributed by atoms with Crippen molar-refractivity contribution in [1.29, 1.82) is 0 Å². The van der Waals surface area contributed by atoms with Gasteiger partial charge in [0.25, 0.3) is 0 Å². The molecule has 0 spiro atoms. The van der Waals surface area contributed by atoms with Crippen molar-refractivity contribution < 1.29 is 4.74 Å². The number of rotatable bonds is 6. The maximum absolute atomic E-state index is 6.19. The molecular formula is C20H33IN4O. The molecule has 0 bridgehead atoms. The fourth-order valence-corrected chi connectivity index (χ4v) is 4.09. The molecule has 1 heterocycles. The van der Waals surface area contributed by atoms with Crippen LogP contribution in [0.4, 0.5) is 0 Å². The van der Waals surface area contributed by atoms with Crippen LogP contribution in [0.25, 0.3) is 0 Å². The Labute approximate surface area is 174 Å². The highest BCUT2D eigenvalue weighted by Gasteiger charge is 2.25. The molecule has 0 aromatic heterocycles. The van der Waals surface area contributed by atoms with E-state index in [-0.39, 0.29) is 30.0 Å². The molecule has 1 saturated heterocycles. The van der Waals surface area contributed by atoms with E-state index >= 15 is 0 Å². The van der Waals surface area contributed by atoms with Gasteiger partial charge >= 0.3 is 0 Å². The number of halogens is 1. The van der Waals surface area contributed by atoms with Crippen LogP contribution >= 0.6 is 24.0 Å². The number of likely N-dealkylation sites (tertiary alicyclic amines) is 1. The van der Waals surface area contributed by atoms with E-state index in [2.05, 4.69) is 22.3 Å². The van der Waals surface area contributed by atoms with Gasteiger partial charge in [-0.2, -0.15) is 0 Å². The molecule has 1 saturated carbocycles. The van der Waals surface area contributed by atoms with Gasteiger partial charge in [-0.1, -0.05) is 37.5 Å². The smallest absolute Gasteiger partial charge is 0.188 e. The topological polar surface area (TPSA) is 62.9 Å². The third-order valence-electron chi connectivity index (χ3n) is 5.47. The molecule has 1 aromatic carbocycles. The summed E-state index contributed by atoms with van der Waals surface area (Å²) in [6, 6.07) is 9.01. The molecule has 2 aliphatic rings. The summed E-state index contributed by atoms with van der Waals surface area (Å²) in [7, 11) is 1.74. The Balaban J connectivity index is 0.00000243. The maximum Gasteiger partial charge on any atom is 0.188 e. The zero-order valence-corrected chi connectivity index (χ0v) is 18.2. The van der Waals surface area contributed by atoms with Crippen molar-refractivity contribution in [2.24, 2.45) is 10.7 Å². The maximum atomic E-state index is 6.19. The highest BCUT2D eigenvalue weighted by atomic mass is 127. The van der Waals surface area contributed by atoms with Crippen molar-refractivity contribution in [3.8, 4) is 5.75 Å². The van der Waals surface area contributed by atoms with Crippen LogP contribution < -0.4 is 15.8 Å². The monoisotopic (exact) mass is 472 g/mol. The average molecular weight is 472 g/mol. The van der Waals surface area contributed by atoms with Gasteiger partial charge in [0.05, 0.1) is 19.7 Å². The first-order valence-electron chi connectivity index (χ1n) is 9.71. The molecule has 1 aliphatic heterocycles. The normalized spacial score (nSPS) is 20.4. The van der Waals surface area contributed by atoms with Crippen LogP contribution in [0.15, 0.2) is 29.3 Å². The van der Waals surface area contributed by atoms with E-state index in [1.165, 1.54) is 50.5 Å². The van der Waals surface area contributed by atoms with Crippen LogP contribution in [-0.2, 0) is 0 Å². The van der Waals surface area contributed by atoms with E-state index in [0.717, 1.165) is 18.8 Å². The van der Waals surface area contributed by atoms with Crippen molar-refractivity contribution in [1.82, 2.24) is 10.2 Å². The van der Waals surface area contributed by atoms with Crippen molar-refractivity contribution in [2.45, 2.75) is 57.0 Å². The van der Waals surface area contributed by atoms with E-state index in [4.69, 9.17) is 15.5 Å². The summed E-state index contributed by atoms with van der Waals surface area (Å²) < 4.78 is 5.59. The molecule has 1 aromatic rings. The fraction of sp³-hybridized carbons (Fsp3) is 0.650. The van der Waals surface area contributed by atoms with Gasteiger partial charge in [-0.25, -0.2) is 0 Å². The predicted octanol–water partition coefficient (Wildman–Crippen LogP) is 3.69. The number of nitrogens with one attached hydrogen (secondary N) is 1. The Morgan fingerprint density at radius 1 is 1.19 bits per heavy atom. The molecule has 3 rings (SSSR count). The predicted molar refractivity (Wildman–Crippen MR) is 118 cm³/mol. The van der Waals surface area contributed by atoms with Crippen molar-refractivity contribution >= 4 is 29.9 Å². The SMILES string of the molecule is COc1ccccc1C(CN=C(N)NC1CCCCC1)N1CCCC1.I. The molecule has 3 N–H and O–H groups in total. The van der Waals surface area contributed by atoms with Gasteiger partial charge < -0.3 is 15.8 Å². The minimum Gasteiger partial charge on any atom is -0.496 e. The Morgan fingerprint density at radius 3 is 2.58 bits per heavy atom. The molecule has 1 unspecified atom stereocenters. The van der Waals surface area contributed by atoms with E-state index in [9.17, 15) is 0 Å². The number of benzene rings is 1. The standard InChI is InChI=1S/C20H32N4O.HI/c1-25-19-12-6-5-11-17(19)18(24-13-7-8-14-24)15-22-20(21)23-16-9-3-2-4-10-16;/h5-6,11-12,16,18H,2-4,7-10,13-15H2,1H3,(H3,21,22,23);1H. The summed E-state index contributed by atoms with van der Waals surface area (Å²) in [4.78, 5) is 7.21. The molecule has 1 atom stereocenters. The fourth-order valence-electron chi connectivity index (χ4n) is 4.09. The van der Waals surface area contributed by atoms with Crippen LogP contribution in [0, 0.1) is 0 Å². The first-order chi connectivity index (χ1) is 12.3. The lowest BCUT2D eigenvalue weighted by molar-refractivity contribution is 0.245. The van der Waals surface area contributed by atoms with Crippen LogP contribution in [0.1, 0.15) is 56.6 Å². The molecular weight excluding hydrogens is 439 g/mol. The molecule has 0 amide bonds. The summed E-state index contributed by atoms with van der Waals surface area (Å²) in [6.45, 7) is 2.91. The molecule has 2 fully saturated rings. The molecule has 146 valence electrons. The zero-order chi connectivity index (χ0) is 17.5. The number of aliphatic imine (C=N–C) groups is 1. The highest BCUT2D eigenvalue weighted by Crippen LogP contribution is 2.31. The number of hydrogen-bond donors (Lipinski definition) is 2.